The van der Waals surface area contributed by atoms with Crippen LogP contribution in [-0.4, -0.2) is 17.9 Å². The lowest BCUT2D eigenvalue weighted by Crippen LogP contribution is -2.10. The minimum atomic E-state index is -0.644. The van der Waals surface area contributed by atoms with Crippen LogP contribution in [-0.2, 0) is 16.1 Å². The van der Waals surface area contributed by atoms with Gasteiger partial charge in [0.15, 0.2) is 6.79 Å². The second-order valence-corrected chi connectivity index (χ2v) is 9.57. The van der Waals surface area contributed by atoms with Gasteiger partial charge in [0, 0.05) is 12.0 Å². The highest BCUT2D eigenvalue weighted by Crippen LogP contribution is 2.38. The van der Waals surface area contributed by atoms with Crippen molar-refractivity contribution in [3.63, 3.8) is 0 Å². The summed E-state index contributed by atoms with van der Waals surface area (Å²) in [6, 6.07) is 7.91. The molecule has 0 spiro atoms. The summed E-state index contributed by atoms with van der Waals surface area (Å²) >= 11 is 0. The van der Waals surface area contributed by atoms with Gasteiger partial charge < -0.3 is 14.6 Å². The van der Waals surface area contributed by atoms with Crippen molar-refractivity contribution >= 4 is 5.97 Å². The largest absolute Gasteiger partial charge is 0.481 e. The van der Waals surface area contributed by atoms with Crippen molar-refractivity contribution in [1.29, 1.82) is 0 Å². The van der Waals surface area contributed by atoms with Crippen LogP contribution >= 0.6 is 0 Å². The standard InChI is InChI=1S/C20H38O2.C8H8O2/c1-2-3-4-5-6-9-13-18-15-12-16-19(18)14-10-7-8-11-17-20(21)22;1-2-4-8-7(3-1)5-9-6-10-8/h18-19H,2-17H2,1H3,(H,21,22);1-4H,5-6H2/t18-,19-;/m0./s1. The minimum Gasteiger partial charge on any atom is -0.481 e. The SMILES string of the molecule is CCCCCCCC[C@H]1CCC[C@@H]1CCCCCCC(=O)O.c1ccc2c(c1)COCO2. The first-order valence-corrected chi connectivity index (χ1v) is 13.2. The van der Waals surface area contributed by atoms with Crippen LogP contribution in [0.3, 0.4) is 0 Å². The Hall–Kier alpha value is -1.55. The van der Waals surface area contributed by atoms with Crippen molar-refractivity contribution in [3.8, 4) is 5.75 Å². The average Bonchev–Trinajstić information content (AvgIpc) is 3.26. The summed E-state index contributed by atoms with van der Waals surface area (Å²) in [6.07, 6.45) is 20.6. The van der Waals surface area contributed by atoms with Crippen LogP contribution in [0.2, 0.25) is 0 Å². The number of unbranched alkanes of at least 4 members (excludes halogenated alkanes) is 8. The first-order valence-electron chi connectivity index (χ1n) is 13.2. The molecule has 1 fully saturated rings. The molecular formula is C28H46O4. The number of fused-ring (bicyclic) bond motifs is 1. The van der Waals surface area contributed by atoms with Gasteiger partial charge in [-0.05, 0) is 24.3 Å². The topological polar surface area (TPSA) is 55.8 Å². The number of hydrogen-bond donors (Lipinski definition) is 1. The number of rotatable bonds is 14. The molecule has 0 saturated heterocycles. The fourth-order valence-electron chi connectivity index (χ4n) is 5.12. The molecule has 0 radical (unpaired) electrons. The first kappa shape index (κ1) is 26.7. The summed E-state index contributed by atoms with van der Waals surface area (Å²) in [6.45, 7) is 3.35. The van der Waals surface area contributed by atoms with E-state index in [4.69, 9.17) is 14.6 Å². The molecule has 2 atom stereocenters. The van der Waals surface area contributed by atoms with E-state index in [2.05, 4.69) is 6.92 Å². The Morgan fingerprint density at radius 1 is 0.906 bits per heavy atom. The molecule has 1 N–H and O–H groups in total. The summed E-state index contributed by atoms with van der Waals surface area (Å²) in [5, 5.41) is 8.63. The van der Waals surface area contributed by atoms with E-state index in [1.54, 1.807) is 0 Å². The zero-order chi connectivity index (χ0) is 22.9. The highest BCUT2D eigenvalue weighted by Gasteiger charge is 2.25. The quantitative estimate of drug-likeness (QED) is 0.293. The van der Waals surface area contributed by atoms with Gasteiger partial charge in [-0.1, -0.05) is 115 Å². The molecular weight excluding hydrogens is 400 g/mol. The molecule has 4 nitrogen and oxygen atoms in total. The Morgan fingerprint density at radius 3 is 2.19 bits per heavy atom. The number of aliphatic carboxylic acids is 1. The Morgan fingerprint density at radius 2 is 1.53 bits per heavy atom. The van der Waals surface area contributed by atoms with Crippen molar-refractivity contribution in [2.45, 2.75) is 116 Å². The van der Waals surface area contributed by atoms with E-state index < -0.39 is 5.97 Å². The summed E-state index contributed by atoms with van der Waals surface area (Å²) in [5.74, 6) is 2.30. The summed E-state index contributed by atoms with van der Waals surface area (Å²) < 4.78 is 10.3. The fourth-order valence-corrected chi connectivity index (χ4v) is 5.12. The van der Waals surface area contributed by atoms with E-state index in [0.29, 0.717) is 19.8 Å². The van der Waals surface area contributed by atoms with Crippen LogP contribution in [0.1, 0.15) is 115 Å². The first-order chi connectivity index (χ1) is 15.7. The molecule has 182 valence electrons. The molecule has 1 saturated carbocycles. The van der Waals surface area contributed by atoms with Crippen LogP contribution in [0.5, 0.6) is 5.75 Å². The van der Waals surface area contributed by atoms with Gasteiger partial charge in [-0.15, -0.1) is 0 Å². The molecule has 1 aliphatic heterocycles. The van der Waals surface area contributed by atoms with Crippen molar-refractivity contribution in [3.05, 3.63) is 29.8 Å². The van der Waals surface area contributed by atoms with Gasteiger partial charge in [-0.25, -0.2) is 0 Å². The van der Waals surface area contributed by atoms with E-state index in [1.807, 2.05) is 24.3 Å². The molecule has 0 aromatic heterocycles. The highest BCUT2D eigenvalue weighted by molar-refractivity contribution is 5.66. The predicted octanol–water partition coefficient (Wildman–Crippen LogP) is 8.13. The number of carbonyl (C=O) groups is 1. The summed E-state index contributed by atoms with van der Waals surface area (Å²) in [5.41, 5.74) is 1.13. The van der Waals surface area contributed by atoms with E-state index in [-0.39, 0.29) is 0 Å². The Labute approximate surface area is 196 Å². The van der Waals surface area contributed by atoms with Crippen molar-refractivity contribution in [2.24, 2.45) is 11.8 Å². The summed E-state index contributed by atoms with van der Waals surface area (Å²) in [4.78, 5) is 10.5. The number of benzene rings is 1. The van der Waals surface area contributed by atoms with Gasteiger partial charge in [-0.3, -0.25) is 4.79 Å². The molecule has 2 aliphatic rings. The van der Waals surface area contributed by atoms with Crippen molar-refractivity contribution in [1.82, 2.24) is 0 Å². The number of ether oxygens (including phenoxy) is 2. The number of hydrogen-bond acceptors (Lipinski definition) is 3. The number of carboxylic acids is 1. The van der Waals surface area contributed by atoms with E-state index >= 15 is 0 Å². The van der Waals surface area contributed by atoms with Gasteiger partial charge >= 0.3 is 5.97 Å². The maximum absolute atomic E-state index is 10.5. The number of para-hydroxylation sites is 1. The zero-order valence-electron chi connectivity index (χ0n) is 20.4. The zero-order valence-corrected chi connectivity index (χ0v) is 20.4. The van der Waals surface area contributed by atoms with Crippen LogP contribution in [0.4, 0.5) is 0 Å². The summed E-state index contributed by atoms with van der Waals surface area (Å²) in [7, 11) is 0. The monoisotopic (exact) mass is 446 g/mol. The molecule has 1 aliphatic carbocycles. The molecule has 1 heterocycles. The van der Waals surface area contributed by atoms with Gasteiger partial charge in [0.2, 0.25) is 0 Å². The third kappa shape index (κ3) is 11.4. The molecule has 1 aromatic carbocycles. The molecule has 4 heteroatoms. The van der Waals surface area contributed by atoms with Crippen LogP contribution in [0.25, 0.3) is 0 Å². The number of carboxylic acid groups (broad SMARTS) is 1. The predicted molar refractivity (Wildman–Crippen MR) is 131 cm³/mol. The smallest absolute Gasteiger partial charge is 0.303 e. The molecule has 3 rings (SSSR count). The lowest BCUT2D eigenvalue weighted by Gasteiger charge is -2.19. The average molecular weight is 447 g/mol. The third-order valence-corrected chi connectivity index (χ3v) is 6.99. The highest BCUT2D eigenvalue weighted by atomic mass is 16.7. The Kier molecular flexibility index (Phi) is 14.2. The lowest BCUT2D eigenvalue weighted by molar-refractivity contribution is -0.137. The normalized spacial score (nSPS) is 19.5. The van der Waals surface area contributed by atoms with Crippen molar-refractivity contribution in [2.75, 3.05) is 6.79 Å². The van der Waals surface area contributed by atoms with E-state index in [1.165, 1.54) is 83.5 Å². The van der Waals surface area contributed by atoms with E-state index in [9.17, 15) is 4.79 Å². The van der Waals surface area contributed by atoms with Crippen molar-refractivity contribution < 1.29 is 19.4 Å². The second-order valence-electron chi connectivity index (χ2n) is 9.57. The Bertz CT molecular complexity index is 590. The molecule has 32 heavy (non-hydrogen) atoms. The third-order valence-electron chi connectivity index (χ3n) is 6.99. The molecule has 1 aromatic rings. The van der Waals surface area contributed by atoms with Crippen LogP contribution in [0, 0.1) is 11.8 Å². The maximum Gasteiger partial charge on any atom is 0.303 e. The fraction of sp³-hybridized carbons (Fsp3) is 0.750. The van der Waals surface area contributed by atoms with Gasteiger partial charge in [-0.2, -0.15) is 0 Å². The minimum absolute atomic E-state index is 0.351. The van der Waals surface area contributed by atoms with E-state index in [0.717, 1.165) is 36.0 Å². The van der Waals surface area contributed by atoms with Gasteiger partial charge in [0.25, 0.3) is 0 Å². The lowest BCUT2D eigenvalue weighted by atomic mass is 9.86. The second kappa shape index (κ2) is 17.0. The van der Waals surface area contributed by atoms with Gasteiger partial charge in [0.1, 0.15) is 5.75 Å². The molecule has 0 unspecified atom stereocenters. The van der Waals surface area contributed by atoms with Crippen LogP contribution in [0.15, 0.2) is 24.3 Å². The molecule has 0 bridgehead atoms. The maximum atomic E-state index is 10.5. The Balaban J connectivity index is 0.000000297. The van der Waals surface area contributed by atoms with Gasteiger partial charge in [0.05, 0.1) is 6.61 Å². The molecule has 0 amide bonds. The van der Waals surface area contributed by atoms with Crippen LogP contribution < -0.4 is 4.74 Å².